The van der Waals surface area contributed by atoms with Gasteiger partial charge in [-0.3, -0.25) is 0 Å². The molecular weight excluding hydrogens is 508 g/mol. The van der Waals surface area contributed by atoms with E-state index in [9.17, 15) is 17.8 Å². The van der Waals surface area contributed by atoms with E-state index in [2.05, 4.69) is 0 Å². The van der Waals surface area contributed by atoms with Crippen molar-refractivity contribution in [1.29, 1.82) is 0 Å². The molecule has 0 saturated carbocycles. The molecule has 0 bridgehead atoms. The van der Waals surface area contributed by atoms with E-state index in [0.29, 0.717) is 11.5 Å². The van der Waals surface area contributed by atoms with Gasteiger partial charge in [-0.2, -0.15) is 0 Å². The first-order chi connectivity index (χ1) is 13.5. The molecule has 0 spiro atoms. The van der Waals surface area contributed by atoms with Gasteiger partial charge in [-0.05, 0) is 0 Å². The van der Waals surface area contributed by atoms with Crippen LogP contribution >= 0.6 is 0 Å². The van der Waals surface area contributed by atoms with Gasteiger partial charge in [0.1, 0.15) is 0 Å². The Kier molecular flexibility index (Phi) is 8.53. The van der Waals surface area contributed by atoms with E-state index in [1.165, 1.54) is 7.22 Å². The summed E-state index contributed by atoms with van der Waals surface area (Å²) >= 11 is -0.570. The van der Waals surface area contributed by atoms with Gasteiger partial charge in [0.05, 0.1) is 0 Å². The van der Waals surface area contributed by atoms with E-state index in [-0.39, 0.29) is 25.4 Å². The summed E-state index contributed by atoms with van der Waals surface area (Å²) < 4.78 is 45.2. The molecule has 0 fully saturated rings. The SMILES string of the molecule is CC(C)(C)C(=O)COc1ccc([Te]c2ccc(OCCCS(=O)(=O)[O-])cc2)cc1. The Labute approximate surface area is 182 Å². The molecule has 0 aliphatic heterocycles. The van der Waals surface area contributed by atoms with Gasteiger partial charge in [0.15, 0.2) is 0 Å². The Morgan fingerprint density at radius 3 is 1.86 bits per heavy atom. The van der Waals surface area contributed by atoms with Crippen LogP contribution in [-0.4, -0.2) is 58.6 Å². The van der Waals surface area contributed by atoms with E-state index in [0.717, 1.165) is 0 Å². The fourth-order valence-electron chi connectivity index (χ4n) is 2.14. The molecule has 158 valence electrons. The van der Waals surface area contributed by atoms with Crippen LogP contribution in [0, 0.1) is 5.41 Å². The Balaban J connectivity index is 1.81. The van der Waals surface area contributed by atoms with E-state index < -0.39 is 42.2 Å². The van der Waals surface area contributed by atoms with Gasteiger partial charge >= 0.3 is 183 Å². The first-order valence-corrected chi connectivity index (χ1v) is 13.0. The first kappa shape index (κ1) is 23.7. The number of hydrogen-bond acceptors (Lipinski definition) is 6. The molecule has 2 aromatic carbocycles. The molecule has 8 heteroatoms. The third-order valence-corrected chi connectivity index (χ3v) is 7.58. The summed E-state index contributed by atoms with van der Waals surface area (Å²) in [6, 6.07) is 15.5. The van der Waals surface area contributed by atoms with Crippen molar-refractivity contribution in [3.8, 4) is 11.5 Å². The molecule has 29 heavy (non-hydrogen) atoms. The summed E-state index contributed by atoms with van der Waals surface area (Å²) in [6.07, 6.45) is 0.178. The van der Waals surface area contributed by atoms with Crippen LogP contribution < -0.4 is 16.7 Å². The number of benzene rings is 2. The average Bonchev–Trinajstić information content (AvgIpc) is 2.64. The molecule has 2 rings (SSSR count). The maximum absolute atomic E-state index is 11.9. The molecule has 2 aromatic rings. The Bertz CT molecular complexity index is 900. The third kappa shape index (κ3) is 9.18. The van der Waals surface area contributed by atoms with Crippen molar-refractivity contribution in [3.05, 3.63) is 48.5 Å². The van der Waals surface area contributed by atoms with E-state index in [1.54, 1.807) is 0 Å². The first-order valence-electron chi connectivity index (χ1n) is 9.13. The van der Waals surface area contributed by atoms with Gasteiger partial charge in [0.25, 0.3) is 0 Å². The predicted molar refractivity (Wildman–Crippen MR) is 113 cm³/mol. The van der Waals surface area contributed by atoms with Crippen LogP contribution in [-0.2, 0) is 14.9 Å². The van der Waals surface area contributed by atoms with Gasteiger partial charge in [-0.15, -0.1) is 0 Å². The van der Waals surface area contributed by atoms with Crippen molar-refractivity contribution in [3.63, 3.8) is 0 Å². The normalized spacial score (nSPS) is 11.9. The number of ether oxygens (including phenoxy) is 2. The number of carbonyl (C=O) groups excluding carboxylic acids is 1. The van der Waals surface area contributed by atoms with Crippen LogP contribution in [0.25, 0.3) is 0 Å². The fourth-order valence-corrected chi connectivity index (χ4v) is 4.94. The van der Waals surface area contributed by atoms with Gasteiger partial charge in [-0.25, -0.2) is 0 Å². The van der Waals surface area contributed by atoms with Crippen molar-refractivity contribution in [2.75, 3.05) is 19.0 Å². The van der Waals surface area contributed by atoms with E-state index >= 15 is 0 Å². The molecule has 0 N–H and O–H groups in total. The van der Waals surface area contributed by atoms with Crippen molar-refractivity contribution >= 4 is 44.0 Å². The number of ketones is 1. The quantitative estimate of drug-likeness (QED) is 0.262. The van der Waals surface area contributed by atoms with Crippen LogP contribution in [0.2, 0.25) is 0 Å². The van der Waals surface area contributed by atoms with Crippen LogP contribution in [0.1, 0.15) is 27.2 Å². The molecule has 0 aliphatic rings. The second-order valence-electron chi connectivity index (χ2n) is 7.47. The van der Waals surface area contributed by atoms with Gasteiger partial charge < -0.3 is 0 Å². The molecule has 0 radical (unpaired) electrons. The number of hydrogen-bond donors (Lipinski definition) is 0. The van der Waals surface area contributed by atoms with Crippen molar-refractivity contribution in [2.45, 2.75) is 27.2 Å². The zero-order valence-electron chi connectivity index (χ0n) is 16.7. The maximum atomic E-state index is 11.9. The Morgan fingerprint density at radius 2 is 1.41 bits per heavy atom. The molecule has 6 nitrogen and oxygen atoms in total. The Morgan fingerprint density at radius 1 is 0.931 bits per heavy atom. The summed E-state index contributed by atoms with van der Waals surface area (Å²) in [7, 11) is -4.19. The third-order valence-electron chi connectivity index (χ3n) is 3.90. The average molecular weight is 533 g/mol. The minimum absolute atomic E-state index is 0.0623. The summed E-state index contributed by atoms with van der Waals surface area (Å²) in [5, 5.41) is 0. The zero-order chi connectivity index (χ0) is 21.5. The summed E-state index contributed by atoms with van der Waals surface area (Å²) in [6.45, 7) is 5.89. The van der Waals surface area contributed by atoms with Crippen LogP contribution in [0.15, 0.2) is 48.5 Å². The molecule has 0 heterocycles. The van der Waals surface area contributed by atoms with Crippen molar-refractivity contribution in [1.82, 2.24) is 0 Å². The predicted octanol–water partition coefficient (Wildman–Crippen LogP) is 1.65. The number of carbonyl (C=O) groups is 1. The molecule has 0 amide bonds. The van der Waals surface area contributed by atoms with Gasteiger partial charge in [0, 0.05) is 0 Å². The minimum atomic E-state index is -4.19. The summed E-state index contributed by atoms with van der Waals surface area (Å²) in [4.78, 5) is 11.9. The summed E-state index contributed by atoms with van der Waals surface area (Å²) in [5.41, 5.74) is -0.407. The summed E-state index contributed by atoms with van der Waals surface area (Å²) in [5.74, 6) is 0.980. The molecule has 0 aliphatic carbocycles. The fraction of sp³-hybridized carbons (Fsp3) is 0.381. The zero-order valence-corrected chi connectivity index (χ0v) is 19.9. The van der Waals surface area contributed by atoms with Gasteiger partial charge in [0.2, 0.25) is 0 Å². The molecule has 0 aromatic heterocycles. The standard InChI is InChI=1S/C21H26O6STe/c1-21(2,3)20(22)15-27-17-7-11-19(12-8-17)29-18-9-5-16(6-10-18)26-13-4-14-28(23,24)25/h5-12H,4,13-15H2,1-3H3,(H,23,24,25)/p-1. The van der Waals surface area contributed by atoms with E-state index in [1.807, 2.05) is 69.3 Å². The topological polar surface area (TPSA) is 92.7 Å². The van der Waals surface area contributed by atoms with Crippen LogP contribution in [0.3, 0.4) is 0 Å². The van der Waals surface area contributed by atoms with Gasteiger partial charge in [-0.1, -0.05) is 0 Å². The molecule has 0 unspecified atom stereocenters. The second kappa shape index (κ2) is 10.4. The van der Waals surface area contributed by atoms with E-state index in [4.69, 9.17) is 9.47 Å². The van der Waals surface area contributed by atoms with Crippen LogP contribution in [0.4, 0.5) is 0 Å². The molecule has 0 atom stereocenters. The monoisotopic (exact) mass is 535 g/mol. The molecular formula is C21H25O6STe-. The van der Waals surface area contributed by atoms with Crippen molar-refractivity contribution < 1.29 is 27.2 Å². The molecule has 0 saturated heterocycles. The number of Topliss-reactive ketones (excluding diaryl/α,β-unsaturated/α-hetero) is 1. The Hall–Kier alpha value is -1.59. The van der Waals surface area contributed by atoms with Crippen molar-refractivity contribution in [2.24, 2.45) is 5.41 Å². The number of rotatable bonds is 10. The van der Waals surface area contributed by atoms with Crippen LogP contribution in [0.5, 0.6) is 11.5 Å². The second-order valence-corrected chi connectivity index (χ2v) is 12.3.